The second kappa shape index (κ2) is 7.12. The molecule has 8 heteroatoms. The Bertz CT molecular complexity index is 1190. The van der Waals surface area contributed by atoms with Crippen LogP contribution in [-0.4, -0.2) is 24.7 Å². The average Bonchev–Trinajstić information content (AvgIpc) is 3.19. The van der Waals surface area contributed by atoms with Gasteiger partial charge in [-0.25, -0.2) is 9.67 Å². The van der Waals surface area contributed by atoms with Gasteiger partial charge < -0.3 is 0 Å². The molecule has 0 aliphatic heterocycles. The zero-order valence-electron chi connectivity index (χ0n) is 15.6. The van der Waals surface area contributed by atoms with Crippen molar-refractivity contribution in [3.63, 3.8) is 0 Å². The van der Waals surface area contributed by atoms with Crippen LogP contribution in [0.5, 0.6) is 0 Å². The van der Waals surface area contributed by atoms with Crippen molar-refractivity contribution in [2.75, 3.05) is 0 Å². The van der Waals surface area contributed by atoms with E-state index in [9.17, 15) is 13.2 Å². The van der Waals surface area contributed by atoms with Crippen LogP contribution in [0, 0.1) is 17.8 Å². The molecule has 4 aromatic rings. The van der Waals surface area contributed by atoms with Gasteiger partial charge >= 0.3 is 0 Å². The fourth-order valence-electron chi connectivity index (χ4n) is 3.00. The molecule has 0 aliphatic rings. The van der Waals surface area contributed by atoms with E-state index in [0.717, 1.165) is 6.07 Å². The third-order valence-corrected chi connectivity index (χ3v) is 4.68. The largest absolute Gasteiger partial charge is 0.252 e. The zero-order valence-corrected chi connectivity index (χ0v) is 15.6. The third-order valence-electron chi connectivity index (χ3n) is 4.68. The lowest BCUT2D eigenvalue weighted by molar-refractivity contribution is 0.514. The SMILES string of the molecule is CC(C)(c1cccc(-c2ccc(F)nc2F)n1)c1ccn(-c2ccnc(F)c2)n1. The molecule has 0 unspecified atom stereocenters. The van der Waals surface area contributed by atoms with Crippen molar-refractivity contribution < 1.29 is 13.2 Å². The van der Waals surface area contributed by atoms with E-state index in [1.54, 1.807) is 29.1 Å². The highest BCUT2D eigenvalue weighted by atomic mass is 19.1. The minimum absolute atomic E-state index is 0.113. The molecule has 0 fully saturated rings. The topological polar surface area (TPSA) is 56.5 Å². The standard InChI is InChI=1S/C21H16F3N5/c1-21(2,17-9-11-29(28-17)13-8-10-25-19(23)12-13)16-5-3-4-15(26-16)14-6-7-18(22)27-20(14)24/h3-12H,1-2H3. The molecule has 0 amide bonds. The summed E-state index contributed by atoms with van der Waals surface area (Å²) in [6, 6.07) is 12.3. The average molecular weight is 395 g/mol. The summed E-state index contributed by atoms with van der Waals surface area (Å²) in [7, 11) is 0. The van der Waals surface area contributed by atoms with Gasteiger partial charge in [0.05, 0.1) is 33.7 Å². The van der Waals surface area contributed by atoms with Crippen LogP contribution in [0.1, 0.15) is 25.2 Å². The third kappa shape index (κ3) is 3.61. The van der Waals surface area contributed by atoms with Crippen molar-refractivity contribution in [2.45, 2.75) is 19.3 Å². The van der Waals surface area contributed by atoms with E-state index in [1.807, 2.05) is 26.0 Å². The van der Waals surface area contributed by atoms with E-state index in [4.69, 9.17) is 0 Å². The maximum absolute atomic E-state index is 14.1. The second-order valence-electron chi connectivity index (χ2n) is 6.99. The molecule has 4 aromatic heterocycles. The number of rotatable bonds is 4. The maximum atomic E-state index is 14.1. The molecule has 4 rings (SSSR count). The van der Waals surface area contributed by atoms with Crippen LogP contribution in [0.3, 0.4) is 0 Å². The Labute approximate surface area is 164 Å². The smallest absolute Gasteiger partial charge is 0.224 e. The van der Waals surface area contributed by atoms with Crippen LogP contribution in [0.4, 0.5) is 13.2 Å². The summed E-state index contributed by atoms with van der Waals surface area (Å²) >= 11 is 0. The first-order chi connectivity index (χ1) is 13.8. The second-order valence-corrected chi connectivity index (χ2v) is 6.99. The van der Waals surface area contributed by atoms with Gasteiger partial charge in [-0.1, -0.05) is 6.07 Å². The molecule has 0 aliphatic carbocycles. The van der Waals surface area contributed by atoms with Crippen LogP contribution in [-0.2, 0) is 5.41 Å². The number of halogens is 3. The van der Waals surface area contributed by atoms with Gasteiger partial charge in [-0.2, -0.15) is 23.3 Å². The van der Waals surface area contributed by atoms with Gasteiger partial charge in [0.15, 0.2) is 0 Å². The molecule has 4 heterocycles. The zero-order chi connectivity index (χ0) is 20.6. The van der Waals surface area contributed by atoms with E-state index >= 15 is 0 Å². The van der Waals surface area contributed by atoms with Gasteiger partial charge in [-0.3, -0.25) is 4.98 Å². The fraction of sp³-hybridized carbons (Fsp3) is 0.143. The molecule has 0 saturated heterocycles. The number of nitrogens with zero attached hydrogens (tertiary/aromatic N) is 5. The van der Waals surface area contributed by atoms with E-state index < -0.39 is 23.3 Å². The Hall–Kier alpha value is -3.55. The highest BCUT2D eigenvalue weighted by Crippen LogP contribution is 2.31. The fourth-order valence-corrected chi connectivity index (χ4v) is 3.00. The van der Waals surface area contributed by atoms with Crippen molar-refractivity contribution >= 4 is 0 Å². The summed E-state index contributed by atoms with van der Waals surface area (Å²) in [5.41, 5.74) is 1.71. The highest BCUT2D eigenvalue weighted by Gasteiger charge is 2.28. The monoisotopic (exact) mass is 395 g/mol. The van der Waals surface area contributed by atoms with Gasteiger partial charge in [-0.15, -0.1) is 0 Å². The van der Waals surface area contributed by atoms with E-state index in [-0.39, 0.29) is 5.56 Å². The van der Waals surface area contributed by atoms with E-state index in [2.05, 4.69) is 20.1 Å². The van der Waals surface area contributed by atoms with Crippen molar-refractivity contribution in [1.29, 1.82) is 0 Å². The molecular weight excluding hydrogens is 379 g/mol. The number of aromatic nitrogens is 5. The molecule has 0 spiro atoms. The lowest BCUT2D eigenvalue weighted by Gasteiger charge is -2.22. The van der Waals surface area contributed by atoms with Gasteiger partial charge in [0, 0.05) is 18.5 Å². The Morgan fingerprint density at radius 3 is 2.45 bits per heavy atom. The summed E-state index contributed by atoms with van der Waals surface area (Å²) in [5, 5.41) is 4.55. The molecule has 0 atom stereocenters. The lowest BCUT2D eigenvalue weighted by atomic mass is 9.85. The molecule has 0 saturated carbocycles. The first kappa shape index (κ1) is 18.8. The van der Waals surface area contributed by atoms with Crippen molar-refractivity contribution in [3.05, 3.63) is 90.2 Å². The molecule has 0 aromatic carbocycles. The predicted molar refractivity (Wildman–Crippen MR) is 101 cm³/mol. The van der Waals surface area contributed by atoms with Crippen LogP contribution in [0.2, 0.25) is 0 Å². The summed E-state index contributed by atoms with van der Waals surface area (Å²) in [5.74, 6) is -2.40. The molecule has 5 nitrogen and oxygen atoms in total. The van der Waals surface area contributed by atoms with Gasteiger partial charge in [0.25, 0.3) is 0 Å². The first-order valence-corrected chi connectivity index (χ1v) is 8.82. The summed E-state index contributed by atoms with van der Waals surface area (Å²) in [6.07, 6.45) is 3.09. The number of hydrogen-bond acceptors (Lipinski definition) is 4. The van der Waals surface area contributed by atoms with Crippen molar-refractivity contribution in [3.8, 4) is 16.9 Å². The summed E-state index contributed by atoms with van der Waals surface area (Å²) < 4.78 is 42.1. The minimum Gasteiger partial charge on any atom is -0.252 e. The molecule has 0 radical (unpaired) electrons. The van der Waals surface area contributed by atoms with Crippen LogP contribution >= 0.6 is 0 Å². The first-order valence-electron chi connectivity index (χ1n) is 8.82. The molecule has 146 valence electrons. The van der Waals surface area contributed by atoms with Crippen molar-refractivity contribution in [2.24, 2.45) is 0 Å². The Morgan fingerprint density at radius 2 is 1.69 bits per heavy atom. The van der Waals surface area contributed by atoms with Crippen LogP contribution in [0.25, 0.3) is 16.9 Å². The van der Waals surface area contributed by atoms with Gasteiger partial charge in [0.1, 0.15) is 0 Å². The summed E-state index contributed by atoms with van der Waals surface area (Å²) in [4.78, 5) is 11.3. The molecular formula is C21H16F3N5. The summed E-state index contributed by atoms with van der Waals surface area (Å²) in [6.45, 7) is 3.86. The Balaban J connectivity index is 1.71. The van der Waals surface area contributed by atoms with E-state index in [1.165, 1.54) is 18.3 Å². The lowest BCUT2D eigenvalue weighted by Crippen LogP contribution is -2.22. The highest BCUT2D eigenvalue weighted by molar-refractivity contribution is 5.59. The van der Waals surface area contributed by atoms with E-state index in [0.29, 0.717) is 22.8 Å². The van der Waals surface area contributed by atoms with Crippen LogP contribution < -0.4 is 0 Å². The van der Waals surface area contributed by atoms with Gasteiger partial charge in [-0.05, 0) is 50.2 Å². The minimum atomic E-state index is -0.920. The maximum Gasteiger partial charge on any atom is 0.224 e. The molecule has 0 bridgehead atoms. The Kier molecular flexibility index (Phi) is 4.62. The normalized spacial score (nSPS) is 11.6. The molecule has 0 N–H and O–H groups in total. The van der Waals surface area contributed by atoms with Crippen molar-refractivity contribution in [1.82, 2.24) is 24.7 Å². The number of hydrogen-bond donors (Lipinski definition) is 0. The predicted octanol–water partition coefficient (Wildman–Crippen LogP) is 4.47. The molecule has 29 heavy (non-hydrogen) atoms. The number of pyridine rings is 3. The van der Waals surface area contributed by atoms with Crippen LogP contribution in [0.15, 0.2) is 60.9 Å². The van der Waals surface area contributed by atoms with Gasteiger partial charge in [0.2, 0.25) is 17.8 Å². The quantitative estimate of drug-likeness (QED) is 0.479. The Morgan fingerprint density at radius 1 is 0.862 bits per heavy atom.